The average molecular weight is 545 g/mol. The fourth-order valence-electron chi connectivity index (χ4n) is 3.18. The van der Waals surface area contributed by atoms with E-state index in [0.717, 1.165) is 0 Å². The SMILES string of the molecule is C#CC1(O)C(CO)[C@@H](COP(=O)(O)OP(=O)(O)OP(=O)(O)O)O[C@H]1n1cnc2cnc(N)nc21. The minimum atomic E-state index is -5.75. The van der Waals surface area contributed by atoms with Crippen molar-refractivity contribution in [2.24, 2.45) is 5.92 Å². The van der Waals surface area contributed by atoms with E-state index in [0.29, 0.717) is 0 Å². The second kappa shape index (κ2) is 9.34. The summed E-state index contributed by atoms with van der Waals surface area (Å²) in [6.07, 6.45) is 5.06. The van der Waals surface area contributed by atoms with E-state index in [9.17, 15) is 33.7 Å². The molecule has 34 heavy (non-hydrogen) atoms. The second-order valence-electron chi connectivity index (χ2n) is 6.76. The van der Waals surface area contributed by atoms with Gasteiger partial charge in [-0.05, 0) is 0 Å². The van der Waals surface area contributed by atoms with Gasteiger partial charge in [-0.1, -0.05) is 5.92 Å². The van der Waals surface area contributed by atoms with Crippen LogP contribution in [-0.2, 0) is 31.6 Å². The van der Waals surface area contributed by atoms with Crippen LogP contribution in [0.2, 0.25) is 0 Å². The Morgan fingerprint density at radius 2 is 1.88 bits per heavy atom. The molecule has 0 aromatic carbocycles. The minimum absolute atomic E-state index is 0.0939. The van der Waals surface area contributed by atoms with Crippen molar-refractivity contribution in [3.63, 3.8) is 0 Å². The molecule has 1 aliphatic heterocycles. The standard InChI is InChI=1S/C13H18N5O13P3/c1-2-13(20)7(4-19)9(5-28-33(24,25)31-34(26,27)30-32(21,22)23)29-11(13)18-6-16-8-3-15-12(14)17-10(8)18/h1,3,6-7,9,11,19-20H,4-5H2,(H,24,25)(H,26,27)(H2,14,15,17)(H2,21,22,23)/t7?,9-,11-,13?/m1/s1. The van der Waals surface area contributed by atoms with Crippen LogP contribution in [0, 0.1) is 18.3 Å². The Morgan fingerprint density at radius 1 is 1.21 bits per heavy atom. The molecule has 2 aromatic rings. The molecule has 188 valence electrons. The highest BCUT2D eigenvalue weighted by atomic mass is 31.3. The summed E-state index contributed by atoms with van der Waals surface area (Å²) in [5.74, 6) is 0.607. The molecule has 0 bridgehead atoms. The number of aliphatic hydroxyl groups excluding tert-OH is 1. The molecular formula is C13H18N5O13P3. The highest BCUT2D eigenvalue weighted by Gasteiger charge is 2.56. The first-order valence-electron chi connectivity index (χ1n) is 8.80. The predicted octanol–water partition coefficient (Wildman–Crippen LogP) is -1.38. The van der Waals surface area contributed by atoms with Crippen molar-refractivity contribution in [3.8, 4) is 12.3 Å². The summed E-state index contributed by atoms with van der Waals surface area (Å²) in [6, 6.07) is 0. The van der Waals surface area contributed by atoms with Crippen LogP contribution in [0.1, 0.15) is 6.23 Å². The summed E-state index contributed by atoms with van der Waals surface area (Å²) >= 11 is 0. The molecule has 21 heteroatoms. The Morgan fingerprint density at radius 3 is 2.47 bits per heavy atom. The lowest BCUT2D eigenvalue weighted by Gasteiger charge is -2.28. The van der Waals surface area contributed by atoms with Crippen LogP contribution in [0.4, 0.5) is 5.95 Å². The zero-order valence-corrected chi connectivity index (χ0v) is 19.3. The van der Waals surface area contributed by atoms with E-state index in [4.69, 9.17) is 26.7 Å². The molecule has 1 aliphatic rings. The Hall–Kier alpha value is -1.80. The number of hydrogen-bond acceptors (Lipinski definition) is 13. The van der Waals surface area contributed by atoms with Gasteiger partial charge in [0.1, 0.15) is 5.52 Å². The van der Waals surface area contributed by atoms with Crippen molar-refractivity contribution >= 4 is 40.6 Å². The van der Waals surface area contributed by atoms with Gasteiger partial charge in [-0.3, -0.25) is 9.09 Å². The first kappa shape index (κ1) is 26.8. The monoisotopic (exact) mass is 545 g/mol. The maximum absolute atomic E-state index is 12.0. The maximum atomic E-state index is 12.0. The van der Waals surface area contributed by atoms with Gasteiger partial charge in [-0.15, -0.1) is 6.42 Å². The molecule has 0 aliphatic carbocycles. The van der Waals surface area contributed by atoms with E-state index >= 15 is 0 Å². The first-order chi connectivity index (χ1) is 15.6. The van der Waals surface area contributed by atoms with E-state index < -0.39 is 60.5 Å². The summed E-state index contributed by atoms with van der Waals surface area (Å²) < 4.78 is 52.8. The molecule has 0 spiro atoms. The number of nitrogens with zero attached hydrogens (tertiary/aromatic N) is 4. The third-order valence-corrected chi connectivity index (χ3v) is 8.33. The van der Waals surface area contributed by atoms with Gasteiger partial charge in [0, 0.05) is 0 Å². The Balaban J connectivity index is 1.83. The topological polar surface area (TPSA) is 279 Å². The average Bonchev–Trinajstić information content (AvgIpc) is 3.21. The fraction of sp³-hybridized carbons (Fsp3) is 0.462. The van der Waals surface area contributed by atoms with Crippen molar-refractivity contribution in [1.82, 2.24) is 19.5 Å². The zero-order chi connectivity index (χ0) is 25.5. The van der Waals surface area contributed by atoms with Crippen LogP contribution in [0.5, 0.6) is 0 Å². The highest BCUT2D eigenvalue weighted by molar-refractivity contribution is 7.66. The Bertz CT molecular complexity index is 1260. The van der Waals surface area contributed by atoms with Crippen molar-refractivity contribution in [1.29, 1.82) is 0 Å². The number of hydrogen-bond donors (Lipinski definition) is 7. The summed E-state index contributed by atoms with van der Waals surface area (Å²) in [7, 11) is -16.8. The number of fused-ring (bicyclic) bond motifs is 1. The lowest BCUT2D eigenvalue weighted by Crippen LogP contribution is -2.43. The summed E-state index contributed by atoms with van der Waals surface area (Å²) in [5, 5.41) is 20.9. The molecule has 1 saturated heterocycles. The van der Waals surface area contributed by atoms with Crippen molar-refractivity contribution < 1.29 is 61.4 Å². The lowest BCUT2D eigenvalue weighted by atomic mass is 9.86. The quantitative estimate of drug-likeness (QED) is 0.141. The van der Waals surface area contributed by atoms with Crippen LogP contribution < -0.4 is 5.73 Å². The number of phosphoric acid groups is 3. The summed E-state index contributed by atoms with van der Waals surface area (Å²) in [6.45, 7) is -1.77. The van der Waals surface area contributed by atoms with Gasteiger partial charge in [0.25, 0.3) is 0 Å². The normalized spacial score (nSPS) is 28.9. The highest BCUT2D eigenvalue weighted by Crippen LogP contribution is 2.66. The third-order valence-electron chi connectivity index (χ3n) is 4.53. The Kier molecular flexibility index (Phi) is 7.36. The molecular weight excluding hydrogens is 527 g/mol. The van der Waals surface area contributed by atoms with Gasteiger partial charge in [-0.25, -0.2) is 23.7 Å². The number of nitrogen functional groups attached to an aromatic ring is 1. The smallest absolute Gasteiger partial charge is 0.396 e. The third kappa shape index (κ3) is 5.70. The van der Waals surface area contributed by atoms with Crippen molar-refractivity contribution in [3.05, 3.63) is 12.5 Å². The number of imidazole rings is 1. The van der Waals surface area contributed by atoms with Crippen LogP contribution in [0.3, 0.4) is 0 Å². The van der Waals surface area contributed by atoms with Crippen molar-refractivity contribution in [2.75, 3.05) is 18.9 Å². The first-order valence-corrected chi connectivity index (χ1v) is 13.3. The molecule has 18 nitrogen and oxygen atoms in total. The predicted molar refractivity (Wildman–Crippen MR) is 108 cm³/mol. The lowest BCUT2D eigenvalue weighted by molar-refractivity contribution is -0.0701. The number of nitrogens with two attached hydrogens (primary N) is 1. The molecule has 1 fully saturated rings. The van der Waals surface area contributed by atoms with Gasteiger partial charge < -0.3 is 40.3 Å². The van der Waals surface area contributed by atoms with Gasteiger partial charge in [0.15, 0.2) is 17.5 Å². The zero-order valence-electron chi connectivity index (χ0n) is 16.6. The van der Waals surface area contributed by atoms with E-state index in [1.165, 1.54) is 17.1 Å². The second-order valence-corrected chi connectivity index (χ2v) is 11.2. The van der Waals surface area contributed by atoms with E-state index in [1.807, 2.05) is 0 Å². The number of anilines is 1. The number of phosphoric ester groups is 1. The molecule has 3 heterocycles. The van der Waals surface area contributed by atoms with Gasteiger partial charge >= 0.3 is 23.5 Å². The molecule has 4 unspecified atom stereocenters. The van der Waals surface area contributed by atoms with E-state index in [-0.39, 0.29) is 17.1 Å². The summed E-state index contributed by atoms with van der Waals surface area (Å²) in [5.41, 5.74) is 3.67. The van der Waals surface area contributed by atoms with Crippen molar-refractivity contribution in [2.45, 2.75) is 17.9 Å². The number of aliphatic hydroxyl groups is 2. The molecule has 6 atom stereocenters. The van der Waals surface area contributed by atoms with Crippen LogP contribution in [0.25, 0.3) is 11.2 Å². The van der Waals surface area contributed by atoms with Gasteiger partial charge in [0.2, 0.25) is 5.95 Å². The number of terminal acetylenes is 1. The number of aromatic nitrogens is 4. The maximum Gasteiger partial charge on any atom is 0.490 e. The largest absolute Gasteiger partial charge is 0.490 e. The van der Waals surface area contributed by atoms with Gasteiger partial charge in [-0.2, -0.15) is 13.6 Å². The van der Waals surface area contributed by atoms with E-state index in [2.05, 4.69) is 34.0 Å². The molecule has 8 N–H and O–H groups in total. The molecule has 0 saturated carbocycles. The molecule has 0 radical (unpaired) electrons. The van der Waals surface area contributed by atoms with E-state index in [1.54, 1.807) is 0 Å². The van der Waals surface area contributed by atoms with Crippen LogP contribution >= 0.6 is 23.5 Å². The molecule has 3 rings (SSSR count). The fourth-order valence-corrected chi connectivity index (χ4v) is 6.21. The molecule has 0 amide bonds. The van der Waals surface area contributed by atoms with Crippen LogP contribution in [-0.4, -0.2) is 74.2 Å². The van der Waals surface area contributed by atoms with Crippen LogP contribution in [0.15, 0.2) is 12.5 Å². The number of ether oxygens (including phenoxy) is 1. The summed E-state index contributed by atoms with van der Waals surface area (Å²) in [4.78, 5) is 47.8. The van der Waals surface area contributed by atoms with Gasteiger partial charge in [0.05, 0.1) is 37.8 Å². The Labute approximate surface area is 189 Å². The molecule has 2 aromatic heterocycles. The number of rotatable bonds is 9. The minimum Gasteiger partial charge on any atom is -0.396 e.